The molecule has 1 unspecified atom stereocenters. The normalized spacial score (nSPS) is 11.9. The lowest BCUT2D eigenvalue weighted by Crippen LogP contribution is -2.35. The first-order valence-corrected chi connectivity index (χ1v) is 6.39. The zero-order valence-corrected chi connectivity index (χ0v) is 11.3. The fourth-order valence-electron chi connectivity index (χ4n) is 1.59. The third kappa shape index (κ3) is 4.75. The quantitative estimate of drug-likeness (QED) is 0.780. The summed E-state index contributed by atoms with van der Waals surface area (Å²) in [7, 11) is 0. The van der Waals surface area contributed by atoms with Gasteiger partial charge in [-0.3, -0.25) is 4.79 Å². The van der Waals surface area contributed by atoms with Crippen LogP contribution >= 0.6 is 0 Å². The summed E-state index contributed by atoms with van der Waals surface area (Å²) in [6.45, 7) is 7.98. The van der Waals surface area contributed by atoms with E-state index in [0.29, 0.717) is 18.8 Å². The molecule has 0 bridgehead atoms. The van der Waals surface area contributed by atoms with E-state index in [1.807, 2.05) is 45.0 Å². The van der Waals surface area contributed by atoms with Crippen molar-refractivity contribution in [3.05, 3.63) is 29.8 Å². The van der Waals surface area contributed by atoms with Gasteiger partial charge in [-0.1, -0.05) is 0 Å². The second-order valence-electron chi connectivity index (χ2n) is 4.14. The summed E-state index contributed by atoms with van der Waals surface area (Å²) in [5.74, 6) is -0.0646. The van der Waals surface area contributed by atoms with Crippen LogP contribution in [0.1, 0.15) is 31.1 Å². The lowest BCUT2D eigenvalue weighted by atomic mass is 10.2. The maximum Gasteiger partial charge on any atom is 0.251 e. The molecule has 0 aliphatic heterocycles. The fourth-order valence-corrected chi connectivity index (χ4v) is 1.59. The Morgan fingerprint density at radius 2 is 1.94 bits per heavy atom. The van der Waals surface area contributed by atoms with Crippen LogP contribution in [0.3, 0.4) is 0 Å². The number of benzene rings is 1. The summed E-state index contributed by atoms with van der Waals surface area (Å²) < 4.78 is 5.26. The molecule has 1 amide bonds. The van der Waals surface area contributed by atoms with Gasteiger partial charge in [-0.05, 0) is 45.0 Å². The summed E-state index contributed by atoms with van der Waals surface area (Å²) in [6.07, 6.45) is 0. The van der Waals surface area contributed by atoms with Crippen molar-refractivity contribution in [1.29, 1.82) is 0 Å². The van der Waals surface area contributed by atoms with Gasteiger partial charge in [-0.15, -0.1) is 0 Å². The standard InChI is InChI=1S/C14H22N2O2/c1-4-15-13-8-6-12(7-9-13)14(17)16-11(3)10-18-5-2/h6-9,11,15H,4-5,10H2,1-3H3,(H,16,17). The summed E-state index contributed by atoms with van der Waals surface area (Å²) in [5, 5.41) is 6.09. The van der Waals surface area contributed by atoms with Gasteiger partial charge < -0.3 is 15.4 Å². The highest BCUT2D eigenvalue weighted by molar-refractivity contribution is 5.94. The molecule has 0 aromatic heterocycles. The topological polar surface area (TPSA) is 50.4 Å². The van der Waals surface area contributed by atoms with Crippen molar-refractivity contribution in [3.8, 4) is 0 Å². The average Bonchev–Trinajstić information content (AvgIpc) is 2.37. The number of rotatable bonds is 7. The van der Waals surface area contributed by atoms with Gasteiger partial charge in [0.1, 0.15) is 0 Å². The monoisotopic (exact) mass is 250 g/mol. The largest absolute Gasteiger partial charge is 0.385 e. The van der Waals surface area contributed by atoms with Gasteiger partial charge in [0.15, 0.2) is 0 Å². The number of hydrogen-bond acceptors (Lipinski definition) is 3. The first-order chi connectivity index (χ1) is 8.67. The van der Waals surface area contributed by atoms with E-state index in [4.69, 9.17) is 4.74 Å². The maximum atomic E-state index is 11.9. The minimum Gasteiger partial charge on any atom is -0.385 e. The predicted molar refractivity (Wildman–Crippen MR) is 74.0 cm³/mol. The van der Waals surface area contributed by atoms with Crippen molar-refractivity contribution in [2.45, 2.75) is 26.8 Å². The Kier molecular flexibility index (Phi) is 6.22. The van der Waals surface area contributed by atoms with E-state index in [1.54, 1.807) is 0 Å². The van der Waals surface area contributed by atoms with Crippen molar-refractivity contribution in [1.82, 2.24) is 5.32 Å². The molecule has 0 aliphatic rings. The van der Waals surface area contributed by atoms with E-state index >= 15 is 0 Å². The smallest absolute Gasteiger partial charge is 0.251 e. The Morgan fingerprint density at radius 3 is 2.50 bits per heavy atom. The van der Waals surface area contributed by atoms with Crippen LogP contribution in [0.2, 0.25) is 0 Å². The molecule has 1 atom stereocenters. The molecule has 100 valence electrons. The average molecular weight is 250 g/mol. The van der Waals surface area contributed by atoms with Crippen molar-refractivity contribution in [2.24, 2.45) is 0 Å². The third-order valence-electron chi connectivity index (χ3n) is 2.48. The summed E-state index contributed by atoms with van der Waals surface area (Å²) in [6, 6.07) is 7.48. The van der Waals surface area contributed by atoms with E-state index in [9.17, 15) is 4.79 Å². The summed E-state index contributed by atoms with van der Waals surface area (Å²) >= 11 is 0. The molecule has 0 aliphatic carbocycles. The van der Waals surface area contributed by atoms with Crippen molar-refractivity contribution in [3.63, 3.8) is 0 Å². The van der Waals surface area contributed by atoms with Gasteiger partial charge >= 0.3 is 0 Å². The van der Waals surface area contributed by atoms with Crippen molar-refractivity contribution >= 4 is 11.6 Å². The Labute approximate surface area is 109 Å². The van der Waals surface area contributed by atoms with Crippen LogP contribution in [-0.4, -0.2) is 31.7 Å². The zero-order chi connectivity index (χ0) is 13.4. The van der Waals surface area contributed by atoms with E-state index in [0.717, 1.165) is 12.2 Å². The van der Waals surface area contributed by atoms with E-state index in [2.05, 4.69) is 10.6 Å². The molecule has 2 N–H and O–H groups in total. The highest BCUT2D eigenvalue weighted by atomic mass is 16.5. The minimum absolute atomic E-state index is 0.0193. The zero-order valence-electron chi connectivity index (χ0n) is 11.3. The highest BCUT2D eigenvalue weighted by Gasteiger charge is 2.09. The first kappa shape index (κ1) is 14.5. The molecule has 0 saturated carbocycles. The molecule has 1 rings (SSSR count). The number of amides is 1. The highest BCUT2D eigenvalue weighted by Crippen LogP contribution is 2.09. The van der Waals surface area contributed by atoms with Gasteiger partial charge in [0.25, 0.3) is 5.91 Å². The molecule has 4 nitrogen and oxygen atoms in total. The maximum absolute atomic E-state index is 11.9. The molecule has 1 aromatic rings. The third-order valence-corrected chi connectivity index (χ3v) is 2.48. The molecule has 4 heteroatoms. The van der Waals surface area contributed by atoms with Gasteiger partial charge in [0, 0.05) is 30.4 Å². The molecule has 1 aromatic carbocycles. The van der Waals surface area contributed by atoms with Gasteiger partial charge in [-0.2, -0.15) is 0 Å². The van der Waals surface area contributed by atoms with Gasteiger partial charge in [-0.25, -0.2) is 0 Å². The Morgan fingerprint density at radius 1 is 1.28 bits per heavy atom. The van der Waals surface area contributed by atoms with Crippen molar-refractivity contribution in [2.75, 3.05) is 25.1 Å². The van der Waals surface area contributed by atoms with Crippen molar-refractivity contribution < 1.29 is 9.53 Å². The Hall–Kier alpha value is -1.55. The summed E-state index contributed by atoms with van der Waals surface area (Å²) in [5.41, 5.74) is 1.69. The SMILES string of the molecule is CCNc1ccc(C(=O)NC(C)COCC)cc1. The lowest BCUT2D eigenvalue weighted by Gasteiger charge is -2.13. The molecule has 0 radical (unpaired) electrons. The summed E-state index contributed by atoms with van der Waals surface area (Å²) in [4.78, 5) is 11.9. The first-order valence-electron chi connectivity index (χ1n) is 6.39. The number of carbonyl (C=O) groups excluding carboxylic acids is 1. The van der Waals surface area contributed by atoms with Crippen LogP contribution in [-0.2, 0) is 4.74 Å². The minimum atomic E-state index is -0.0646. The second-order valence-corrected chi connectivity index (χ2v) is 4.14. The predicted octanol–water partition coefficient (Wildman–Crippen LogP) is 2.27. The van der Waals surface area contributed by atoms with E-state index in [-0.39, 0.29) is 11.9 Å². The second kappa shape index (κ2) is 7.71. The number of carbonyl (C=O) groups is 1. The number of anilines is 1. The van der Waals surface area contributed by atoms with Crippen LogP contribution in [0.4, 0.5) is 5.69 Å². The Bertz CT molecular complexity index is 363. The molecular weight excluding hydrogens is 228 g/mol. The fraction of sp³-hybridized carbons (Fsp3) is 0.500. The number of hydrogen-bond donors (Lipinski definition) is 2. The van der Waals surface area contributed by atoms with Crippen LogP contribution < -0.4 is 10.6 Å². The van der Waals surface area contributed by atoms with Crippen LogP contribution in [0.5, 0.6) is 0 Å². The van der Waals surface area contributed by atoms with E-state index in [1.165, 1.54) is 0 Å². The van der Waals surface area contributed by atoms with Crippen LogP contribution in [0.15, 0.2) is 24.3 Å². The van der Waals surface area contributed by atoms with Crippen LogP contribution in [0.25, 0.3) is 0 Å². The molecule has 0 heterocycles. The number of nitrogens with one attached hydrogen (secondary N) is 2. The molecular formula is C14H22N2O2. The molecule has 0 spiro atoms. The van der Waals surface area contributed by atoms with E-state index < -0.39 is 0 Å². The molecule has 0 fully saturated rings. The van der Waals surface area contributed by atoms with Gasteiger partial charge in [0.2, 0.25) is 0 Å². The lowest BCUT2D eigenvalue weighted by molar-refractivity contribution is 0.0872. The Balaban J connectivity index is 2.50. The molecule has 18 heavy (non-hydrogen) atoms. The van der Waals surface area contributed by atoms with Gasteiger partial charge in [0.05, 0.1) is 6.61 Å². The molecule has 0 saturated heterocycles. The van der Waals surface area contributed by atoms with Crippen LogP contribution in [0, 0.1) is 0 Å². The number of ether oxygens (including phenoxy) is 1.